The third kappa shape index (κ3) is 6.28. The second-order valence-electron chi connectivity index (χ2n) is 7.12. The van der Waals surface area contributed by atoms with E-state index in [0.29, 0.717) is 18.4 Å². The van der Waals surface area contributed by atoms with Crippen molar-refractivity contribution in [1.29, 1.82) is 0 Å². The van der Waals surface area contributed by atoms with Gasteiger partial charge in [0.2, 0.25) is 5.91 Å². The quantitative estimate of drug-likeness (QED) is 0.807. The van der Waals surface area contributed by atoms with Gasteiger partial charge in [-0.25, -0.2) is 0 Å². The van der Waals surface area contributed by atoms with Crippen LogP contribution in [0.1, 0.15) is 37.7 Å². The van der Waals surface area contributed by atoms with Crippen LogP contribution in [-0.2, 0) is 11.2 Å². The average Bonchev–Trinajstić information content (AvgIpc) is 3.16. The zero-order valence-corrected chi connectivity index (χ0v) is 16.0. The number of piperidine rings is 1. The van der Waals surface area contributed by atoms with E-state index < -0.39 is 0 Å². The summed E-state index contributed by atoms with van der Waals surface area (Å²) in [4.78, 5) is 17.6. The molecule has 0 bridgehead atoms. The van der Waals surface area contributed by atoms with Gasteiger partial charge in [-0.2, -0.15) is 0 Å². The number of nitrogens with one attached hydrogen (secondary N) is 1. The molecule has 0 saturated carbocycles. The van der Waals surface area contributed by atoms with E-state index in [0.717, 1.165) is 39.0 Å². The maximum Gasteiger partial charge on any atom is 0.223 e. The molecule has 1 unspecified atom stereocenters. The molecule has 2 heterocycles. The van der Waals surface area contributed by atoms with Gasteiger partial charge < -0.3 is 15.1 Å². The Kier molecular flexibility index (Phi) is 8.73. The number of carbonyl (C=O) groups excluding carboxylic acids is 1. The monoisotopic (exact) mass is 365 g/mol. The van der Waals surface area contributed by atoms with Crippen molar-refractivity contribution < 1.29 is 4.79 Å². The predicted molar refractivity (Wildman–Crippen MR) is 105 cm³/mol. The Labute approximate surface area is 158 Å². The number of rotatable bonds is 7. The molecule has 1 aromatic carbocycles. The van der Waals surface area contributed by atoms with Gasteiger partial charge in [-0.3, -0.25) is 4.79 Å². The van der Waals surface area contributed by atoms with Crippen molar-refractivity contribution in [3.05, 3.63) is 35.9 Å². The van der Waals surface area contributed by atoms with Gasteiger partial charge in [0.15, 0.2) is 0 Å². The molecule has 1 amide bonds. The van der Waals surface area contributed by atoms with E-state index in [1.54, 1.807) is 0 Å². The maximum absolute atomic E-state index is 12.9. The number of halogens is 1. The van der Waals surface area contributed by atoms with Gasteiger partial charge in [0.05, 0.1) is 0 Å². The van der Waals surface area contributed by atoms with Gasteiger partial charge in [-0.1, -0.05) is 36.8 Å². The van der Waals surface area contributed by atoms with E-state index in [1.807, 2.05) is 6.07 Å². The zero-order chi connectivity index (χ0) is 16.6. The normalized spacial score (nSPS) is 20.9. The van der Waals surface area contributed by atoms with Crippen LogP contribution >= 0.6 is 12.4 Å². The van der Waals surface area contributed by atoms with Crippen molar-refractivity contribution in [2.75, 3.05) is 39.3 Å². The number of carbonyl (C=O) groups is 1. The highest BCUT2D eigenvalue weighted by Gasteiger charge is 2.26. The van der Waals surface area contributed by atoms with Gasteiger partial charge >= 0.3 is 0 Å². The van der Waals surface area contributed by atoms with Crippen LogP contribution in [0.2, 0.25) is 0 Å². The maximum atomic E-state index is 12.9. The number of hydrogen-bond donors (Lipinski definition) is 1. The molecular weight excluding hydrogens is 334 g/mol. The molecule has 1 N–H and O–H groups in total. The molecule has 140 valence electrons. The Balaban J connectivity index is 0.00000225. The predicted octanol–water partition coefficient (Wildman–Crippen LogP) is 2.72. The highest BCUT2D eigenvalue weighted by Crippen LogP contribution is 2.14. The minimum absolute atomic E-state index is 0. The van der Waals surface area contributed by atoms with Gasteiger partial charge in [0, 0.05) is 32.1 Å². The minimum atomic E-state index is 0. The fraction of sp³-hybridized carbons (Fsp3) is 0.650. The Morgan fingerprint density at radius 3 is 2.60 bits per heavy atom. The molecule has 1 aromatic rings. The largest absolute Gasteiger partial charge is 0.337 e. The smallest absolute Gasteiger partial charge is 0.223 e. The van der Waals surface area contributed by atoms with E-state index in [1.165, 1.54) is 37.9 Å². The van der Waals surface area contributed by atoms with Crippen LogP contribution in [0.25, 0.3) is 0 Å². The van der Waals surface area contributed by atoms with E-state index >= 15 is 0 Å². The van der Waals surface area contributed by atoms with Crippen LogP contribution in [0.4, 0.5) is 0 Å². The Morgan fingerprint density at radius 2 is 1.92 bits per heavy atom. The van der Waals surface area contributed by atoms with Crippen LogP contribution in [0.15, 0.2) is 30.3 Å². The van der Waals surface area contributed by atoms with Gasteiger partial charge in [-0.05, 0) is 50.9 Å². The lowest BCUT2D eigenvalue weighted by Gasteiger charge is -2.33. The molecule has 2 aliphatic heterocycles. The molecule has 25 heavy (non-hydrogen) atoms. The molecule has 2 saturated heterocycles. The fourth-order valence-electron chi connectivity index (χ4n) is 3.89. The molecule has 2 fully saturated rings. The molecule has 0 aromatic heterocycles. The van der Waals surface area contributed by atoms with Crippen molar-refractivity contribution in [3.63, 3.8) is 0 Å². The van der Waals surface area contributed by atoms with E-state index in [9.17, 15) is 4.79 Å². The Bertz CT molecular complexity index is 499. The fourth-order valence-corrected chi connectivity index (χ4v) is 3.89. The van der Waals surface area contributed by atoms with Crippen molar-refractivity contribution in [1.82, 2.24) is 15.1 Å². The molecule has 4 nitrogen and oxygen atoms in total. The van der Waals surface area contributed by atoms with Crippen LogP contribution in [0.5, 0.6) is 0 Å². The third-order valence-corrected chi connectivity index (χ3v) is 5.37. The van der Waals surface area contributed by atoms with Crippen LogP contribution in [0.3, 0.4) is 0 Å². The van der Waals surface area contributed by atoms with E-state index in [-0.39, 0.29) is 12.4 Å². The summed E-state index contributed by atoms with van der Waals surface area (Å²) in [5.74, 6) is 0.324. The molecule has 3 rings (SSSR count). The Hall–Kier alpha value is -1.10. The van der Waals surface area contributed by atoms with E-state index in [2.05, 4.69) is 39.4 Å². The number of hydrogen-bond acceptors (Lipinski definition) is 3. The standard InChI is InChI=1S/C20H31N3O.ClH/c24-20(10-9-18-7-3-1-4-8-18)23(19-11-12-21-17-19)16-15-22-13-5-2-6-14-22;/h1,3-4,7-8,19,21H,2,5-6,9-17H2;1H. The second-order valence-corrected chi connectivity index (χ2v) is 7.12. The molecule has 0 radical (unpaired) electrons. The average molecular weight is 366 g/mol. The first kappa shape index (κ1) is 20.2. The summed E-state index contributed by atoms with van der Waals surface area (Å²) in [5, 5.41) is 3.41. The molecule has 2 aliphatic rings. The lowest BCUT2D eigenvalue weighted by Crippen LogP contribution is -2.46. The summed E-state index contributed by atoms with van der Waals surface area (Å²) in [7, 11) is 0. The van der Waals surface area contributed by atoms with Gasteiger partial charge in [-0.15, -0.1) is 12.4 Å². The highest BCUT2D eigenvalue weighted by atomic mass is 35.5. The molecule has 0 spiro atoms. The SMILES string of the molecule is Cl.O=C(CCc1ccccc1)N(CCN1CCCCC1)C1CCNC1. The summed E-state index contributed by atoms with van der Waals surface area (Å²) in [6, 6.07) is 10.7. The highest BCUT2D eigenvalue weighted by molar-refractivity contribution is 5.85. The van der Waals surface area contributed by atoms with Crippen molar-refractivity contribution in [2.45, 2.75) is 44.6 Å². The minimum Gasteiger partial charge on any atom is -0.337 e. The third-order valence-electron chi connectivity index (χ3n) is 5.37. The summed E-state index contributed by atoms with van der Waals surface area (Å²) >= 11 is 0. The lowest BCUT2D eigenvalue weighted by molar-refractivity contribution is -0.133. The first-order valence-electron chi connectivity index (χ1n) is 9.59. The summed E-state index contributed by atoms with van der Waals surface area (Å²) in [6.45, 7) is 6.32. The lowest BCUT2D eigenvalue weighted by atomic mass is 10.1. The summed E-state index contributed by atoms with van der Waals surface area (Å²) in [6.07, 6.45) is 6.56. The zero-order valence-electron chi connectivity index (χ0n) is 15.2. The molecule has 1 atom stereocenters. The topological polar surface area (TPSA) is 35.6 Å². The van der Waals surface area contributed by atoms with Crippen molar-refractivity contribution in [2.24, 2.45) is 0 Å². The number of likely N-dealkylation sites (tertiary alicyclic amines) is 1. The first-order valence-corrected chi connectivity index (χ1v) is 9.59. The Morgan fingerprint density at radius 1 is 1.16 bits per heavy atom. The molecule has 5 heteroatoms. The van der Waals surface area contributed by atoms with Crippen molar-refractivity contribution in [3.8, 4) is 0 Å². The van der Waals surface area contributed by atoms with Crippen LogP contribution in [0, 0.1) is 0 Å². The first-order chi connectivity index (χ1) is 11.8. The number of nitrogens with zero attached hydrogens (tertiary/aromatic N) is 2. The van der Waals surface area contributed by atoms with Crippen molar-refractivity contribution >= 4 is 18.3 Å². The van der Waals surface area contributed by atoms with Crippen LogP contribution < -0.4 is 5.32 Å². The number of amides is 1. The summed E-state index contributed by atoms with van der Waals surface area (Å²) < 4.78 is 0. The molecular formula is C20H32ClN3O. The summed E-state index contributed by atoms with van der Waals surface area (Å²) in [5.41, 5.74) is 1.26. The second kappa shape index (κ2) is 10.8. The van der Waals surface area contributed by atoms with Crippen LogP contribution in [-0.4, -0.2) is 61.0 Å². The van der Waals surface area contributed by atoms with Gasteiger partial charge in [0.25, 0.3) is 0 Å². The molecule has 0 aliphatic carbocycles. The number of aryl methyl sites for hydroxylation is 1. The van der Waals surface area contributed by atoms with E-state index in [4.69, 9.17) is 0 Å². The van der Waals surface area contributed by atoms with Gasteiger partial charge in [0.1, 0.15) is 0 Å². The number of benzene rings is 1.